The first-order valence-corrected chi connectivity index (χ1v) is 7.22. The minimum Gasteiger partial charge on any atom is -0.392 e. The van der Waals surface area contributed by atoms with Gasteiger partial charge in [0.1, 0.15) is 5.82 Å². The first kappa shape index (κ1) is 15.1. The fourth-order valence-corrected chi connectivity index (χ4v) is 2.95. The largest absolute Gasteiger partial charge is 0.392 e. The van der Waals surface area contributed by atoms with Gasteiger partial charge in [-0.2, -0.15) is 0 Å². The SMILES string of the molecule is CCC(C)NS(=O)(=O)c1cc(C)c(F)c(CO)c1. The second-order valence-electron chi connectivity index (χ2n) is 4.30. The van der Waals surface area contributed by atoms with Crippen LogP contribution in [-0.4, -0.2) is 19.6 Å². The Kier molecular flexibility index (Phi) is 4.84. The zero-order chi connectivity index (χ0) is 13.9. The van der Waals surface area contributed by atoms with Crippen LogP contribution in [0.25, 0.3) is 0 Å². The fourth-order valence-electron chi connectivity index (χ4n) is 1.49. The van der Waals surface area contributed by atoms with E-state index in [0.717, 1.165) is 6.07 Å². The number of benzene rings is 1. The molecule has 1 unspecified atom stereocenters. The number of aliphatic hydroxyl groups excluding tert-OH is 1. The topological polar surface area (TPSA) is 66.4 Å². The highest BCUT2D eigenvalue weighted by Crippen LogP contribution is 2.19. The third-order valence-corrected chi connectivity index (χ3v) is 4.32. The van der Waals surface area contributed by atoms with E-state index < -0.39 is 22.4 Å². The Morgan fingerprint density at radius 1 is 1.44 bits per heavy atom. The summed E-state index contributed by atoms with van der Waals surface area (Å²) in [5, 5.41) is 9.01. The van der Waals surface area contributed by atoms with Gasteiger partial charge in [0.15, 0.2) is 0 Å². The zero-order valence-electron chi connectivity index (χ0n) is 10.7. The molecule has 0 amide bonds. The summed E-state index contributed by atoms with van der Waals surface area (Å²) in [7, 11) is -3.67. The average molecular weight is 275 g/mol. The maximum absolute atomic E-state index is 13.5. The van der Waals surface area contributed by atoms with E-state index in [1.165, 1.54) is 13.0 Å². The van der Waals surface area contributed by atoms with Gasteiger partial charge in [0, 0.05) is 11.6 Å². The summed E-state index contributed by atoms with van der Waals surface area (Å²) in [6.07, 6.45) is 0.659. The molecule has 1 rings (SSSR count). The van der Waals surface area contributed by atoms with Crippen molar-refractivity contribution in [2.24, 2.45) is 0 Å². The molecule has 1 aromatic rings. The van der Waals surface area contributed by atoms with E-state index in [-0.39, 0.29) is 22.1 Å². The highest BCUT2D eigenvalue weighted by Gasteiger charge is 2.19. The van der Waals surface area contributed by atoms with Gasteiger partial charge in [-0.05, 0) is 38.0 Å². The predicted molar refractivity (Wildman–Crippen MR) is 67.1 cm³/mol. The molecule has 4 nitrogen and oxygen atoms in total. The molecule has 18 heavy (non-hydrogen) atoms. The minimum atomic E-state index is -3.67. The molecule has 0 heterocycles. The molecule has 0 radical (unpaired) electrons. The second-order valence-corrected chi connectivity index (χ2v) is 6.02. The molecule has 1 aromatic carbocycles. The van der Waals surface area contributed by atoms with Crippen LogP contribution in [0.4, 0.5) is 4.39 Å². The van der Waals surface area contributed by atoms with Crippen molar-refractivity contribution in [2.75, 3.05) is 0 Å². The maximum atomic E-state index is 13.5. The van der Waals surface area contributed by atoms with E-state index in [1.807, 2.05) is 6.92 Å². The minimum absolute atomic E-state index is 0.0143. The van der Waals surface area contributed by atoms with Crippen LogP contribution in [0, 0.1) is 12.7 Å². The van der Waals surface area contributed by atoms with Gasteiger partial charge in [-0.25, -0.2) is 17.5 Å². The Hall–Kier alpha value is -0.980. The molecule has 0 spiro atoms. The first-order valence-electron chi connectivity index (χ1n) is 5.74. The summed E-state index contributed by atoms with van der Waals surface area (Å²) in [5.74, 6) is -0.569. The molecule has 2 N–H and O–H groups in total. The van der Waals surface area contributed by atoms with Crippen LogP contribution in [0.3, 0.4) is 0 Å². The quantitative estimate of drug-likeness (QED) is 0.859. The van der Waals surface area contributed by atoms with Crippen LogP contribution in [0.5, 0.6) is 0 Å². The summed E-state index contributed by atoms with van der Waals surface area (Å²) in [4.78, 5) is -0.0225. The predicted octanol–water partition coefficient (Wildman–Crippen LogP) is 1.70. The van der Waals surface area contributed by atoms with Crippen molar-refractivity contribution in [3.05, 3.63) is 29.1 Å². The Labute approximate surface area is 107 Å². The summed E-state index contributed by atoms with van der Waals surface area (Å²) in [6.45, 7) is 4.55. The number of sulfonamides is 1. The smallest absolute Gasteiger partial charge is 0.240 e. The van der Waals surface area contributed by atoms with Crippen molar-refractivity contribution in [1.29, 1.82) is 0 Å². The molecule has 0 aliphatic rings. The number of halogens is 1. The van der Waals surface area contributed by atoms with Crippen molar-refractivity contribution < 1.29 is 17.9 Å². The lowest BCUT2D eigenvalue weighted by atomic mass is 10.1. The van der Waals surface area contributed by atoms with Crippen molar-refractivity contribution in [3.8, 4) is 0 Å². The summed E-state index contributed by atoms with van der Waals surface area (Å²) >= 11 is 0. The molecule has 0 saturated carbocycles. The zero-order valence-corrected chi connectivity index (χ0v) is 11.5. The van der Waals surface area contributed by atoms with E-state index in [0.29, 0.717) is 6.42 Å². The molecule has 102 valence electrons. The standard InChI is InChI=1S/C12H18FNO3S/c1-4-9(3)14-18(16,17)11-5-8(2)12(13)10(6-11)7-15/h5-6,9,14-15H,4,7H2,1-3H3. The van der Waals surface area contributed by atoms with Gasteiger partial charge >= 0.3 is 0 Å². The molecule has 0 aromatic heterocycles. The van der Waals surface area contributed by atoms with E-state index >= 15 is 0 Å². The van der Waals surface area contributed by atoms with Gasteiger partial charge in [-0.3, -0.25) is 0 Å². The van der Waals surface area contributed by atoms with Crippen molar-refractivity contribution in [3.63, 3.8) is 0 Å². The molecule has 0 fully saturated rings. The number of hydrogen-bond acceptors (Lipinski definition) is 3. The second kappa shape index (κ2) is 5.77. The van der Waals surface area contributed by atoms with E-state index in [4.69, 9.17) is 5.11 Å². The molecule has 0 saturated heterocycles. The number of hydrogen-bond donors (Lipinski definition) is 2. The molecule has 1 atom stereocenters. The van der Waals surface area contributed by atoms with E-state index in [9.17, 15) is 12.8 Å². The number of aryl methyl sites for hydroxylation is 1. The maximum Gasteiger partial charge on any atom is 0.240 e. The lowest BCUT2D eigenvalue weighted by molar-refractivity contribution is 0.275. The van der Waals surface area contributed by atoms with Gasteiger partial charge in [-0.1, -0.05) is 6.92 Å². The lowest BCUT2D eigenvalue weighted by Gasteiger charge is -2.13. The van der Waals surface area contributed by atoms with Crippen LogP contribution in [0.15, 0.2) is 17.0 Å². The van der Waals surface area contributed by atoms with Gasteiger partial charge in [0.2, 0.25) is 10.0 Å². The summed E-state index contributed by atoms with van der Waals surface area (Å²) in [6, 6.07) is 2.23. The Bertz CT molecular complexity index is 528. The van der Waals surface area contributed by atoms with Gasteiger partial charge in [-0.15, -0.1) is 0 Å². The van der Waals surface area contributed by atoms with Crippen LogP contribution < -0.4 is 4.72 Å². The van der Waals surface area contributed by atoms with Crippen molar-refractivity contribution >= 4 is 10.0 Å². The summed E-state index contributed by atoms with van der Waals surface area (Å²) in [5.41, 5.74) is 0.186. The molecule has 0 bridgehead atoms. The fraction of sp³-hybridized carbons (Fsp3) is 0.500. The molecular weight excluding hydrogens is 257 g/mol. The third-order valence-electron chi connectivity index (χ3n) is 2.75. The van der Waals surface area contributed by atoms with E-state index in [1.54, 1.807) is 6.92 Å². The summed E-state index contributed by atoms with van der Waals surface area (Å²) < 4.78 is 40.0. The highest BCUT2D eigenvalue weighted by atomic mass is 32.2. The Morgan fingerprint density at radius 2 is 2.06 bits per heavy atom. The number of rotatable bonds is 5. The highest BCUT2D eigenvalue weighted by molar-refractivity contribution is 7.89. The Balaban J connectivity index is 3.21. The van der Waals surface area contributed by atoms with E-state index in [2.05, 4.69) is 4.72 Å². The lowest BCUT2D eigenvalue weighted by Crippen LogP contribution is -2.32. The Morgan fingerprint density at radius 3 is 2.56 bits per heavy atom. The van der Waals surface area contributed by atoms with Crippen LogP contribution >= 0.6 is 0 Å². The normalized spacial score (nSPS) is 13.6. The average Bonchev–Trinajstić information content (AvgIpc) is 2.31. The third kappa shape index (κ3) is 3.28. The first-order chi connectivity index (χ1) is 8.31. The molecular formula is C12H18FNO3S. The van der Waals surface area contributed by atoms with Crippen molar-refractivity contribution in [1.82, 2.24) is 4.72 Å². The van der Waals surface area contributed by atoms with Crippen LogP contribution in [0.1, 0.15) is 31.4 Å². The van der Waals surface area contributed by atoms with Crippen LogP contribution in [-0.2, 0) is 16.6 Å². The number of aliphatic hydroxyl groups is 1. The molecule has 6 heteroatoms. The van der Waals surface area contributed by atoms with Crippen LogP contribution in [0.2, 0.25) is 0 Å². The molecule has 0 aliphatic heterocycles. The number of nitrogens with one attached hydrogen (secondary N) is 1. The molecule has 0 aliphatic carbocycles. The van der Waals surface area contributed by atoms with Gasteiger partial charge in [0.05, 0.1) is 11.5 Å². The monoisotopic (exact) mass is 275 g/mol. The van der Waals surface area contributed by atoms with Gasteiger partial charge in [0.25, 0.3) is 0 Å². The van der Waals surface area contributed by atoms with Gasteiger partial charge < -0.3 is 5.11 Å². The van der Waals surface area contributed by atoms with Crippen molar-refractivity contribution in [2.45, 2.75) is 44.7 Å².